The van der Waals surface area contributed by atoms with Crippen LogP contribution in [0.15, 0.2) is 40.5 Å². The number of carbonyl (C=O) groups is 1. The van der Waals surface area contributed by atoms with Gasteiger partial charge in [0.25, 0.3) is 0 Å². The molecule has 1 amide bonds. The molecule has 7 nitrogen and oxygen atoms in total. The smallest absolute Gasteiger partial charge is 0.300 e. The van der Waals surface area contributed by atoms with E-state index in [1.54, 1.807) is 4.57 Å². The minimum absolute atomic E-state index is 0.133. The van der Waals surface area contributed by atoms with Crippen molar-refractivity contribution in [3.8, 4) is 10.7 Å². The van der Waals surface area contributed by atoms with Crippen LogP contribution in [0.2, 0.25) is 0 Å². The number of fused-ring (bicyclic) bond motifs is 1. The number of thiophene rings is 1. The Bertz CT molecular complexity index is 1230. The molecule has 1 aliphatic carbocycles. The standard InChI is InChI=1S/C19H17N5O2S2/c1-11-4-7-13-15(9-11)28-18(20-13)21-16(25)10-23-19(26)24(12-5-6-12)17(22-23)14-3-2-8-27-14/h2-4,7-9,12H,5-6,10H2,1H3,(H,20,21,25). The minimum Gasteiger partial charge on any atom is -0.300 e. The molecule has 0 aliphatic heterocycles. The first-order valence-electron chi connectivity index (χ1n) is 8.99. The first-order chi connectivity index (χ1) is 13.6. The number of amides is 1. The first kappa shape index (κ1) is 17.3. The summed E-state index contributed by atoms with van der Waals surface area (Å²) in [4.78, 5) is 30.7. The maximum Gasteiger partial charge on any atom is 0.346 e. The van der Waals surface area contributed by atoms with Crippen LogP contribution in [0.3, 0.4) is 0 Å². The highest BCUT2D eigenvalue weighted by Gasteiger charge is 2.31. The highest BCUT2D eigenvalue weighted by molar-refractivity contribution is 7.22. The lowest BCUT2D eigenvalue weighted by Gasteiger charge is -2.00. The number of anilines is 1. The Morgan fingerprint density at radius 3 is 2.93 bits per heavy atom. The summed E-state index contributed by atoms with van der Waals surface area (Å²) in [7, 11) is 0. The van der Waals surface area contributed by atoms with Crippen molar-refractivity contribution in [3.63, 3.8) is 0 Å². The maximum absolute atomic E-state index is 12.8. The second-order valence-electron chi connectivity index (χ2n) is 6.88. The van der Waals surface area contributed by atoms with Crippen molar-refractivity contribution in [1.29, 1.82) is 0 Å². The zero-order valence-corrected chi connectivity index (χ0v) is 16.7. The Morgan fingerprint density at radius 2 is 2.18 bits per heavy atom. The van der Waals surface area contributed by atoms with Crippen LogP contribution in [0.1, 0.15) is 24.4 Å². The average molecular weight is 412 g/mol. The quantitative estimate of drug-likeness (QED) is 0.543. The highest BCUT2D eigenvalue weighted by atomic mass is 32.1. The molecule has 3 aromatic heterocycles. The molecule has 1 N–H and O–H groups in total. The molecule has 5 rings (SSSR count). The fourth-order valence-electron chi connectivity index (χ4n) is 3.14. The van der Waals surface area contributed by atoms with Crippen LogP contribution < -0.4 is 11.0 Å². The van der Waals surface area contributed by atoms with Crippen LogP contribution >= 0.6 is 22.7 Å². The number of benzene rings is 1. The van der Waals surface area contributed by atoms with Crippen molar-refractivity contribution >= 4 is 43.9 Å². The summed E-state index contributed by atoms with van der Waals surface area (Å²) in [5.74, 6) is 0.335. The molecule has 0 spiro atoms. The predicted octanol–water partition coefficient (Wildman–Crippen LogP) is 3.67. The van der Waals surface area contributed by atoms with E-state index >= 15 is 0 Å². The van der Waals surface area contributed by atoms with Gasteiger partial charge in [-0.05, 0) is 48.9 Å². The predicted molar refractivity (Wildman–Crippen MR) is 111 cm³/mol. The number of nitrogens with zero attached hydrogens (tertiary/aromatic N) is 4. The largest absolute Gasteiger partial charge is 0.346 e. The van der Waals surface area contributed by atoms with Gasteiger partial charge in [0.15, 0.2) is 11.0 Å². The summed E-state index contributed by atoms with van der Waals surface area (Å²) in [5, 5.41) is 9.73. The van der Waals surface area contributed by atoms with E-state index < -0.39 is 0 Å². The van der Waals surface area contributed by atoms with E-state index in [4.69, 9.17) is 0 Å². The number of carbonyl (C=O) groups excluding carboxylic acids is 1. The first-order valence-corrected chi connectivity index (χ1v) is 10.7. The van der Waals surface area contributed by atoms with Gasteiger partial charge in [0.2, 0.25) is 5.91 Å². The van der Waals surface area contributed by atoms with Gasteiger partial charge in [-0.25, -0.2) is 14.5 Å². The van der Waals surface area contributed by atoms with Crippen molar-refractivity contribution in [1.82, 2.24) is 19.3 Å². The van der Waals surface area contributed by atoms with Gasteiger partial charge in [-0.2, -0.15) is 0 Å². The summed E-state index contributed by atoms with van der Waals surface area (Å²) < 4.78 is 3.99. The Morgan fingerprint density at radius 1 is 1.32 bits per heavy atom. The minimum atomic E-state index is -0.309. The monoisotopic (exact) mass is 411 g/mol. The van der Waals surface area contributed by atoms with Gasteiger partial charge >= 0.3 is 5.69 Å². The molecule has 0 saturated heterocycles. The van der Waals surface area contributed by atoms with E-state index in [9.17, 15) is 9.59 Å². The van der Waals surface area contributed by atoms with Gasteiger partial charge in [-0.15, -0.1) is 16.4 Å². The fourth-order valence-corrected chi connectivity index (χ4v) is 4.82. The lowest BCUT2D eigenvalue weighted by atomic mass is 10.2. The van der Waals surface area contributed by atoms with Crippen LogP contribution in [0.4, 0.5) is 5.13 Å². The van der Waals surface area contributed by atoms with Gasteiger partial charge in [-0.3, -0.25) is 9.36 Å². The topological polar surface area (TPSA) is 81.8 Å². The number of aromatic nitrogens is 4. The second kappa shape index (κ2) is 6.68. The molecule has 3 heterocycles. The van der Waals surface area contributed by atoms with Gasteiger partial charge in [0.05, 0.1) is 15.1 Å². The van der Waals surface area contributed by atoms with Crippen molar-refractivity contribution in [3.05, 3.63) is 51.8 Å². The molecule has 1 aromatic carbocycles. The molecule has 1 fully saturated rings. The summed E-state index contributed by atoms with van der Waals surface area (Å²) in [6.07, 6.45) is 1.95. The van der Waals surface area contributed by atoms with Crippen molar-refractivity contribution in [2.24, 2.45) is 0 Å². The lowest BCUT2D eigenvalue weighted by Crippen LogP contribution is -2.29. The van der Waals surface area contributed by atoms with E-state index in [1.165, 1.54) is 27.4 Å². The molecular weight excluding hydrogens is 394 g/mol. The molecule has 0 unspecified atom stereocenters. The van der Waals surface area contributed by atoms with Crippen LogP contribution in [0.5, 0.6) is 0 Å². The Labute approximate surface area is 168 Å². The maximum atomic E-state index is 12.8. The van der Waals surface area contributed by atoms with E-state index in [-0.39, 0.29) is 24.2 Å². The van der Waals surface area contributed by atoms with Crippen molar-refractivity contribution < 1.29 is 4.79 Å². The van der Waals surface area contributed by atoms with Crippen LogP contribution in [0, 0.1) is 6.92 Å². The fraction of sp³-hybridized carbons (Fsp3) is 0.263. The molecular formula is C19H17N5O2S2. The van der Waals surface area contributed by atoms with Crippen molar-refractivity contribution in [2.75, 3.05) is 5.32 Å². The average Bonchev–Trinajstić information content (AvgIpc) is 3.07. The normalized spacial score (nSPS) is 13.9. The molecule has 28 heavy (non-hydrogen) atoms. The third kappa shape index (κ3) is 3.16. The molecule has 142 valence electrons. The summed E-state index contributed by atoms with van der Waals surface area (Å²) in [5.41, 5.74) is 1.76. The summed E-state index contributed by atoms with van der Waals surface area (Å²) >= 11 is 2.96. The lowest BCUT2D eigenvalue weighted by molar-refractivity contribution is -0.117. The number of aryl methyl sites for hydroxylation is 1. The number of nitrogens with one attached hydrogen (secondary N) is 1. The summed E-state index contributed by atoms with van der Waals surface area (Å²) in [6.45, 7) is 1.89. The number of hydrogen-bond donors (Lipinski definition) is 1. The molecule has 9 heteroatoms. The molecule has 0 bridgehead atoms. The number of hydrogen-bond acceptors (Lipinski definition) is 6. The van der Waals surface area contributed by atoms with Crippen LogP contribution in [-0.4, -0.2) is 25.2 Å². The SMILES string of the molecule is Cc1ccc2nc(NC(=O)Cn3nc(-c4cccs4)n(C4CC4)c3=O)sc2c1. The van der Waals surface area contributed by atoms with E-state index in [0.29, 0.717) is 11.0 Å². The molecule has 1 saturated carbocycles. The second-order valence-corrected chi connectivity index (χ2v) is 8.86. The number of thiazole rings is 1. The molecule has 0 radical (unpaired) electrons. The van der Waals surface area contributed by atoms with Gasteiger partial charge < -0.3 is 5.32 Å². The molecule has 0 atom stereocenters. The highest BCUT2D eigenvalue weighted by Crippen LogP contribution is 2.37. The summed E-state index contributed by atoms with van der Waals surface area (Å²) in [6, 6.07) is 10.0. The van der Waals surface area contributed by atoms with Gasteiger partial charge in [0, 0.05) is 6.04 Å². The van der Waals surface area contributed by atoms with Crippen molar-refractivity contribution in [2.45, 2.75) is 32.4 Å². The van der Waals surface area contributed by atoms with E-state index in [2.05, 4.69) is 15.4 Å². The van der Waals surface area contributed by atoms with Gasteiger partial charge in [-0.1, -0.05) is 23.5 Å². The molecule has 1 aliphatic rings. The zero-order chi connectivity index (χ0) is 19.3. The van der Waals surface area contributed by atoms with Crippen LogP contribution in [0.25, 0.3) is 20.9 Å². The number of rotatable bonds is 5. The van der Waals surface area contributed by atoms with Crippen LogP contribution in [-0.2, 0) is 11.3 Å². The Balaban J connectivity index is 1.40. The third-order valence-electron chi connectivity index (χ3n) is 4.61. The molecule has 4 aromatic rings. The third-order valence-corrected chi connectivity index (χ3v) is 6.41. The van der Waals surface area contributed by atoms with E-state index in [1.807, 2.05) is 42.6 Å². The Kier molecular flexibility index (Phi) is 4.13. The van der Waals surface area contributed by atoms with Gasteiger partial charge in [0.1, 0.15) is 6.54 Å². The zero-order valence-electron chi connectivity index (χ0n) is 15.1. The van der Waals surface area contributed by atoms with E-state index in [0.717, 1.165) is 33.5 Å². The Hall–Kier alpha value is -2.78.